The van der Waals surface area contributed by atoms with Gasteiger partial charge in [-0.15, -0.1) is 0 Å². The first-order valence-electron chi connectivity index (χ1n) is 9.20. The Morgan fingerprint density at radius 1 is 1.00 bits per heavy atom. The second-order valence-corrected chi connectivity index (χ2v) is 6.65. The van der Waals surface area contributed by atoms with Crippen LogP contribution in [0.5, 0.6) is 11.5 Å². The van der Waals surface area contributed by atoms with Crippen molar-refractivity contribution >= 4 is 16.6 Å². The SMILES string of the molecule is COc1cc(OC)cc(/C(=C\C#N)c2ccc3ncc(-c4cnn(C)c4)nc3c2)c1. The average Bonchev–Trinajstić information content (AvgIpc) is 3.22. The van der Waals surface area contributed by atoms with Crippen LogP contribution < -0.4 is 9.47 Å². The lowest BCUT2D eigenvalue weighted by Gasteiger charge is -2.12. The Bertz CT molecular complexity index is 1280. The second-order valence-electron chi connectivity index (χ2n) is 6.65. The van der Waals surface area contributed by atoms with Gasteiger partial charge in [-0.25, -0.2) is 4.98 Å². The van der Waals surface area contributed by atoms with Gasteiger partial charge < -0.3 is 9.47 Å². The van der Waals surface area contributed by atoms with E-state index in [0.717, 1.165) is 39.0 Å². The van der Waals surface area contributed by atoms with Crippen LogP contribution in [0, 0.1) is 11.3 Å². The summed E-state index contributed by atoms with van der Waals surface area (Å²) in [4.78, 5) is 9.26. The fourth-order valence-corrected chi connectivity index (χ4v) is 3.23. The first-order valence-corrected chi connectivity index (χ1v) is 9.20. The molecule has 0 saturated heterocycles. The first kappa shape index (κ1) is 19.2. The van der Waals surface area contributed by atoms with Gasteiger partial charge in [0.1, 0.15) is 11.5 Å². The third-order valence-corrected chi connectivity index (χ3v) is 4.73. The number of nitriles is 1. The van der Waals surface area contributed by atoms with Gasteiger partial charge in [-0.3, -0.25) is 9.67 Å². The Kier molecular flexibility index (Phi) is 5.14. The smallest absolute Gasteiger partial charge is 0.123 e. The van der Waals surface area contributed by atoms with Crippen LogP contribution in [0.2, 0.25) is 0 Å². The van der Waals surface area contributed by atoms with Crippen LogP contribution in [0.1, 0.15) is 11.1 Å². The summed E-state index contributed by atoms with van der Waals surface area (Å²) in [5.74, 6) is 1.29. The van der Waals surface area contributed by atoms with E-state index in [4.69, 9.17) is 14.5 Å². The van der Waals surface area contributed by atoms with Crippen molar-refractivity contribution in [1.82, 2.24) is 19.7 Å². The highest BCUT2D eigenvalue weighted by molar-refractivity contribution is 5.88. The van der Waals surface area contributed by atoms with Crippen molar-refractivity contribution in [3.05, 3.63) is 72.2 Å². The third-order valence-electron chi connectivity index (χ3n) is 4.73. The zero-order valence-corrected chi connectivity index (χ0v) is 16.8. The molecule has 30 heavy (non-hydrogen) atoms. The fraction of sp³-hybridized carbons (Fsp3) is 0.130. The summed E-state index contributed by atoms with van der Waals surface area (Å²) in [5.41, 5.74) is 5.52. The number of fused-ring (bicyclic) bond motifs is 1. The number of aryl methyl sites for hydroxylation is 1. The van der Waals surface area contributed by atoms with Crippen molar-refractivity contribution in [2.75, 3.05) is 14.2 Å². The van der Waals surface area contributed by atoms with Crippen LogP contribution in [0.25, 0.3) is 27.9 Å². The van der Waals surface area contributed by atoms with E-state index in [9.17, 15) is 5.26 Å². The van der Waals surface area contributed by atoms with E-state index >= 15 is 0 Å². The van der Waals surface area contributed by atoms with E-state index in [1.165, 1.54) is 6.08 Å². The zero-order chi connectivity index (χ0) is 21.1. The molecule has 0 fully saturated rings. The molecule has 7 nitrogen and oxygen atoms in total. The summed E-state index contributed by atoms with van der Waals surface area (Å²) in [6.07, 6.45) is 6.89. The summed E-state index contributed by atoms with van der Waals surface area (Å²) in [6, 6.07) is 13.4. The van der Waals surface area contributed by atoms with Crippen molar-refractivity contribution in [3.63, 3.8) is 0 Å². The Morgan fingerprint density at radius 2 is 1.77 bits per heavy atom. The minimum Gasteiger partial charge on any atom is -0.497 e. The highest BCUT2D eigenvalue weighted by Crippen LogP contribution is 2.32. The molecule has 0 aliphatic carbocycles. The van der Waals surface area contributed by atoms with Gasteiger partial charge in [0.05, 0.1) is 49.4 Å². The molecule has 0 bridgehead atoms. The number of ether oxygens (including phenoxy) is 2. The molecule has 7 heteroatoms. The molecule has 0 radical (unpaired) electrons. The van der Waals surface area contributed by atoms with Crippen molar-refractivity contribution < 1.29 is 9.47 Å². The van der Waals surface area contributed by atoms with Gasteiger partial charge in [0.15, 0.2) is 0 Å². The normalized spacial score (nSPS) is 11.3. The Balaban J connectivity index is 1.83. The topological polar surface area (TPSA) is 85.9 Å². The molecule has 0 atom stereocenters. The van der Waals surface area contributed by atoms with E-state index in [1.807, 2.05) is 43.6 Å². The number of aromatic nitrogens is 4. The van der Waals surface area contributed by atoms with Crippen molar-refractivity contribution in [3.8, 4) is 28.8 Å². The molecule has 0 aliphatic heterocycles. The predicted octanol–water partition coefficient (Wildman–Crippen LogP) is 4.00. The molecule has 2 aromatic heterocycles. The molecular weight excluding hydrogens is 378 g/mol. The number of nitrogens with zero attached hydrogens (tertiary/aromatic N) is 5. The van der Waals surface area contributed by atoms with Crippen LogP contribution in [-0.4, -0.2) is 34.0 Å². The maximum Gasteiger partial charge on any atom is 0.123 e. The highest BCUT2D eigenvalue weighted by Gasteiger charge is 2.12. The molecular formula is C23H19N5O2. The Hall–Kier alpha value is -4.18. The Labute approximate surface area is 173 Å². The van der Waals surface area contributed by atoms with Gasteiger partial charge >= 0.3 is 0 Å². The fourth-order valence-electron chi connectivity index (χ4n) is 3.23. The number of hydrogen-bond donors (Lipinski definition) is 0. The van der Waals surface area contributed by atoms with Gasteiger partial charge in [0.2, 0.25) is 0 Å². The molecule has 148 valence electrons. The molecule has 0 unspecified atom stereocenters. The number of hydrogen-bond acceptors (Lipinski definition) is 6. The maximum atomic E-state index is 9.39. The summed E-state index contributed by atoms with van der Waals surface area (Å²) in [7, 11) is 5.05. The second kappa shape index (κ2) is 8.05. The summed E-state index contributed by atoms with van der Waals surface area (Å²) in [5, 5.41) is 13.6. The van der Waals surface area contributed by atoms with Crippen LogP contribution in [-0.2, 0) is 7.05 Å². The highest BCUT2D eigenvalue weighted by atomic mass is 16.5. The van der Waals surface area contributed by atoms with Gasteiger partial charge in [0, 0.05) is 31.0 Å². The van der Waals surface area contributed by atoms with Gasteiger partial charge in [-0.1, -0.05) is 6.07 Å². The number of rotatable bonds is 5. The quantitative estimate of drug-likeness (QED) is 0.473. The lowest BCUT2D eigenvalue weighted by atomic mass is 9.96. The van der Waals surface area contributed by atoms with Gasteiger partial charge in [-0.2, -0.15) is 10.4 Å². The molecule has 4 rings (SSSR count). The lowest BCUT2D eigenvalue weighted by Crippen LogP contribution is -1.94. The standard InChI is InChI=1S/C23H19N5O2/c1-28-14-17(12-26-28)23-13-25-21-5-4-15(10-22(21)27-23)20(6-7-24)16-8-18(29-2)11-19(9-16)30-3/h4-6,8-14H,1-3H3/b20-6-. The summed E-state index contributed by atoms with van der Waals surface area (Å²) < 4.78 is 12.5. The van der Waals surface area contributed by atoms with E-state index in [2.05, 4.69) is 16.2 Å². The molecule has 0 saturated carbocycles. The van der Waals surface area contributed by atoms with E-state index < -0.39 is 0 Å². The summed E-state index contributed by atoms with van der Waals surface area (Å²) >= 11 is 0. The van der Waals surface area contributed by atoms with Crippen LogP contribution in [0.15, 0.2) is 61.1 Å². The zero-order valence-electron chi connectivity index (χ0n) is 16.8. The van der Waals surface area contributed by atoms with Crippen LogP contribution >= 0.6 is 0 Å². The number of allylic oxidation sites excluding steroid dienone is 1. The largest absolute Gasteiger partial charge is 0.497 e. The van der Waals surface area contributed by atoms with Crippen LogP contribution in [0.4, 0.5) is 0 Å². The lowest BCUT2D eigenvalue weighted by molar-refractivity contribution is 0.394. The maximum absolute atomic E-state index is 9.39. The van der Waals surface area contributed by atoms with E-state index in [-0.39, 0.29) is 0 Å². The molecule has 4 aromatic rings. The third kappa shape index (κ3) is 3.71. The first-order chi connectivity index (χ1) is 14.6. The van der Waals surface area contributed by atoms with Crippen molar-refractivity contribution in [2.45, 2.75) is 0 Å². The average molecular weight is 397 g/mol. The molecule has 0 N–H and O–H groups in total. The van der Waals surface area contributed by atoms with Crippen molar-refractivity contribution in [1.29, 1.82) is 5.26 Å². The minimum atomic E-state index is 0.646. The molecule has 0 spiro atoms. The number of methoxy groups -OCH3 is 2. The van der Waals surface area contributed by atoms with E-state index in [1.54, 1.807) is 37.4 Å². The van der Waals surface area contributed by atoms with E-state index in [0.29, 0.717) is 11.5 Å². The van der Waals surface area contributed by atoms with Crippen molar-refractivity contribution in [2.24, 2.45) is 7.05 Å². The Morgan fingerprint density at radius 3 is 2.40 bits per heavy atom. The molecule has 0 amide bonds. The monoisotopic (exact) mass is 397 g/mol. The molecule has 2 heterocycles. The molecule has 2 aromatic carbocycles. The van der Waals surface area contributed by atoms with Gasteiger partial charge in [-0.05, 0) is 41.0 Å². The number of benzene rings is 2. The predicted molar refractivity (Wildman–Crippen MR) is 114 cm³/mol. The summed E-state index contributed by atoms with van der Waals surface area (Å²) in [6.45, 7) is 0. The van der Waals surface area contributed by atoms with Crippen LogP contribution in [0.3, 0.4) is 0 Å². The minimum absolute atomic E-state index is 0.646. The molecule has 0 aliphatic rings. The van der Waals surface area contributed by atoms with Gasteiger partial charge in [0.25, 0.3) is 0 Å².